The van der Waals surface area contributed by atoms with E-state index < -0.39 is 15.8 Å². The summed E-state index contributed by atoms with van der Waals surface area (Å²) in [5.41, 5.74) is 6.02. The third kappa shape index (κ3) is 2.88. The lowest BCUT2D eigenvalue weighted by Crippen LogP contribution is -2.32. The molecule has 0 radical (unpaired) electrons. The number of rotatable bonds is 5. The highest BCUT2D eigenvalue weighted by Crippen LogP contribution is 2.26. The van der Waals surface area contributed by atoms with Crippen LogP contribution in [0, 0.1) is 11.7 Å². The quantitative estimate of drug-likeness (QED) is 0.850. The summed E-state index contributed by atoms with van der Waals surface area (Å²) in [6.07, 6.45) is 3.21. The SMILES string of the molecule is NCc1ccc(F)c(S(=O)(=O)NCC2CCC2)c1. The largest absolute Gasteiger partial charge is 0.326 e. The van der Waals surface area contributed by atoms with Crippen molar-refractivity contribution in [1.82, 2.24) is 4.72 Å². The van der Waals surface area contributed by atoms with E-state index in [2.05, 4.69) is 4.72 Å². The number of benzene rings is 1. The van der Waals surface area contributed by atoms with Gasteiger partial charge in [-0.05, 0) is 36.5 Å². The molecule has 1 aromatic carbocycles. The summed E-state index contributed by atoms with van der Waals surface area (Å²) in [7, 11) is -3.78. The Labute approximate surface area is 106 Å². The van der Waals surface area contributed by atoms with Crippen molar-refractivity contribution < 1.29 is 12.8 Å². The van der Waals surface area contributed by atoms with E-state index in [-0.39, 0.29) is 11.4 Å². The fraction of sp³-hybridized carbons (Fsp3) is 0.500. The van der Waals surface area contributed by atoms with Crippen LogP contribution in [0.1, 0.15) is 24.8 Å². The first-order valence-corrected chi connectivity index (χ1v) is 7.49. The first kappa shape index (κ1) is 13.5. The van der Waals surface area contributed by atoms with Gasteiger partial charge in [-0.2, -0.15) is 0 Å². The summed E-state index contributed by atoms with van der Waals surface area (Å²) in [4.78, 5) is -0.315. The molecule has 18 heavy (non-hydrogen) atoms. The minimum Gasteiger partial charge on any atom is -0.326 e. The number of nitrogens with two attached hydrogens (primary N) is 1. The second-order valence-electron chi connectivity index (χ2n) is 4.62. The molecule has 1 fully saturated rings. The van der Waals surface area contributed by atoms with Gasteiger partial charge >= 0.3 is 0 Å². The number of hydrogen-bond donors (Lipinski definition) is 2. The van der Waals surface area contributed by atoms with Gasteiger partial charge in [0.25, 0.3) is 0 Å². The molecular weight excluding hydrogens is 255 g/mol. The highest BCUT2D eigenvalue weighted by Gasteiger charge is 2.23. The second kappa shape index (κ2) is 5.34. The van der Waals surface area contributed by atoms with Crippen molar-refractivity contribution in [3.8, 4) is 0 Å². The van der Waals surface area contributed by atoms with Crippen molar-refractivity contribution in [2.24, 2.45) is 11.7 Å². The lowest BCUT2D eigenvalue weighted by molar-refractivity contribution is 0.316. The van der Waals surface area contributed by atoms with Crippen molar-refractivity contribution in [3.05, 3.63) is 29.6 Å². The fourth-order valence-corrected chi connectivity index (χ4v) is 3.12. The smallest absolute Gasteiger partial charge is 0.243 e. The minimum atomic E-state index is -3.78. The van der Waals surface area contributed by atoms with E-state index in [0.29, 0.717) is 18.0 Å². The van der Waals surface area contributed by atoms with Gasteiger partial charge < -0.3 is 5.73 Å². The van der Waals surface area contributed by atoms with Crippen LogP contribution in [0.4, 0.5) is 4.39 Å². The van der Waals surface area contributed by atoms with Crippen LogP contribution in [-0.2, 0) is 16.6 Å². The van der Waals surface area contributed by atoms with Crippen LogP contribution in [0.25, 0.3) is 0 Å². The molecule has 2 rings (SSSR count). The minimum absolute atomic E-state index is 0.186. The molecule has 0 aliphatic heterocycles. The molecule has 0 heterocycles. The van der Waals surface area contributed by atoms with Crippen LogP contribution < -0.4 is 10.5 Å². The molecule has 1 saturated carbocycles. The zero-order valence-electron chi connectivity index (χ0n) is 10.0. The van der Waals surface area contributed by atoms with Gasteiger partial charge in [0.15, 0.2) is 0 Å². The highest BCUT2D eigenvalue weighted by atomic mass is 32.2. The molecule has 4 nitrogen and oxygen atoms in total. The first-order chi connectivity index (χ1) is 8.53. The summed E-state index contributed by atoms with van der Waals surface area (Å²) < 4.78 is 40.0. The molecule has 1 aromatic rings. The molecule has 1 aliphatic rings. The summed E-state index contributed by atoms with van der Waals surface area (Å²) in [5.74, 6) is -0.353. The van der Waals surface area contributed by atoms with Crippen molar-refractivity contribution in [1.29, 1.82) is 0 Å². The van der Waals surface area contributed by atoms with Gasteiger partial charge in [-0.15, -0.1) is 0 Å². The Balaban J connectivity index is 2.16. The normalized spacial score (nSPS) is 16.6. The maximum atomic E-state index is 13.6. The van der Waals surface area contributed by atoms with Gasteiger partial charge in [-0.25, -0.2) is 17.5 Å². The Morgan fingerprint density at radius 1 is 1.39 bits per heavy atom. The van der Waals surface area contributed by atoms with Crippen molar-refractivity contribution in [3.63, 3.8) is 0 Å². The number of hydrogen-bond acceptors (Lipinski definition) is 3. The zero-order valence-corrected chi connectivity index (χ0v) is 10.8. The maximum absolute atomic E-state index is 13.6. The van der Waals surface area contributed by atoms with E-state index in [0.717, 1.165) is 25.3 Å². The van der Waals surface area contributed by atoms with E-state index in [1.165, 1.54) is 12.1 Å². The molecule has 0 aromatic heterocycles. The molecule has 3 N–H and O–H groups in total. The number of nitrogens with one attached hydrogen (secondary N) is 1. The number of halogens is 1. The van der Waals surface area contributed by atoms with E-state index in [4.69, 9.17) is 5.73 Å². The molecule has 0 amide bonds. The predicted molar refractivity (Wildman–Crippen MR) is 66.8 cm³/mol. The molecular formula is C12H17FN2O2S. The molecule has 100 valence electrons. The Hall–Kier alpha value is -0.980. The molecule has 0 bridgehead atoms. The zero-order chi connectivity index (χ0) is 13.2. The summed E-state index contributed by atoms with van der Waals surface area (Å²) >= 11 is 0. The lowest BCUT2D eigenvalue weighted by Gasteiger charge is -2.25. The fourth-order valence-electron chi connectivity index (χ4n) is 1.88. The van der Waals surface area contributed by atoms with Crippen LogP contribution in [0.2, 0.25) is 0 Å². The topological polar surface area (TPSA) is 72.2 Å². The van der Waals surface area contributed by atoms with Gasteiger partial charge in [0.2, 0.25) is 10.0 Å². The van der Waals surface area contributed by atoms with E-state index in [9.17, 15) is 12.8 Å². The molecule has 0 atom stereocenters. The molecule has 0 spiro atoms. The standard InChI is InChI=1S/C12H17FN2O2S/c13-11-5-4-10(7-14)6-12(11)18(16,17)15-8-9-2-1-3-9/h4-6,9,15H,1-3,7-8,14H2. The Morgan fingerprint density at radius 3 is 2.67 bits per heavy atom. The van der Waals surface area contributed by atoms with E-state index in [1.54, 1.807) is 0 Å². The highest BCUT2D eigenvalue weighted by molar-refractivity contribution is 7.89. The Bertz CT molecular complexity index is 527. The second-order valence-corrected chi connectivity index (χ2v) is 6.35. The first-order valence-electron chi connectivity index (χ1n) is 6.01. The van der Waals surface area contributed by atoms with Crippen LogP contribution in [0.3, 0.4) is 0 Å². The van der Waals surface area contributed by atoms with Gasteiger partial charge in [-0.1, -0.05) is 12.5 Å². The molecule has 1 aliphatic carbocycles. The third-order valence-electron chi connectivity index (χ3n) is 3.31. The van der Waals surface area contributed by atoms with Crippen molar-refractivity contribution in [2.75, 3.05) is 6.54 Å². The van der Waals surface area contributed by atoms with Crippen LogP contribution in [0.5, 0.6) is 0 Å². The summed E-state index contributed by atoms with van der Waals surface area (Å²) in [5, 5.41) is 0. The monoisotopic (exact) mass is 272 g/mol. The average Bonchev–Trinajstić information content (AvgIpc) is 2.27. The third-order valence-corrected chi connectivity index (χ3v) is 4.75. The molecule has 0 unspecified atom stereocenters. The van der Waals surface area contributed by atoms with Crippen LogP contribution in [0.15, 0.2) is 23.1 Å². The van der Waals surface area contributed by atoms with Gasteiger partial charge in [0, 0.05) is 13.1 Å². The summed E-state index contributed by atoms with van der Waals surface area (Å²) in [6.45, 7) is 0.569. The lowest BCUT2D eigenvalue weighted by atomic mass is 9.86. The van der Waals surface area contributed by atoms with Crippen LogP contribution >= 0.6 is 0 Å². The van der Waals surface area contributed by atoms with Gasteiger partial charge in [0.1, 0.15) is 10.7 Å². The van der Waals surface area contributed by atoms with E-state index in [1.807, 2.05) is 0 Å². The molecule has 6 heteroatoms. The molecule has 0 saturated heterocycles. The Morgan fingerprint density at radius 2 is 2.11 bits per heavy atom. The van der Waals surface area contributed by atoms with Gasteiger partial charge in [-0.3, -0.25) is 0 Å². The summed E-state index contributed by atoms with van der Waals surface area (Å²) in [6, 6.07) is 3.92. The van der Waals surface area contributed by atoms with Crippen molar-refractivity contribution in [2.45, 2.75) is 30.7 Å². The van der Waals surface area contributed by atoms with E-state index >= 15 is 0 Å². The maximum Gasteiger partial charge on any atom is 0.243 e. The average molecular weight is 272 g/mol. The number of sulfonamides is 1. The van der Waals surface area contributed by atoms with Crippen molar-refractivity contribution >= 4 is 10.0 Å². The van der Waals surface area contributed by atoms with Gasteiger partial charge in [0.05, 0.1) is 0 Å². The Kier molecular flexibility index (Phi) is 3.99. The predicted octanol–water partition coefficient (Wildman–Crippen LogP) is 1.36. The van der Waals surface area contributed by atoms with Crippen LogP contribution in [-0.4, -0.2) is 15.0 Å².